The Balaban J connectivity index is 1.17. The molecule has 2 saturated carbocycles. The SMILES string of the molecule is O=C(NC1CCCC1C(=O)NCC1(C(=O)O)CC1)OCC1c2ccccc2-c2ccccc21. The van der Waals surface area contributed by atoms with Crippen molar-refractivity contribution in [1.29, 1.82) is 0 Å². The van der Waals surface area contributed by atoms with Crippen LogP contribution >= 0.6 is 0 Å². The Labute approximate surface area is 192 Å². The third kappa shape index (κ3) is 4.08. The average Bonchev–Trinajstić information content (AvgIpc) is 3.38. The fraction of sp³-hybridized carbons (Fsp3) is 0.423. The lowest BCUT2D eigenvalue weighted by Crippen LogP contribution is -2.46. The molecule has 0 spiro atoms. The van der Waals surface area contributed by atoms with Crippen LogP contribution in [-0.2, 0) is 14.3 Å². The first-order valence-electron chi connectivity index (χ1n) is 11.6. The highest BCUT2D eigenvalue weighted by Gasteiger charge is 2.50. The van der Waals surface area contributed by atoms with Crippen molar-refractivity contribution in [2.24, 2.45) is 11.3 Å². The summed E-state index contributed by atoms with van der Waals surface area (Å²) in [4.78, 5) is 36.6. The van der Waals surface area contributed by atoms with Gasteiger partial charge in [0.05, 0.1) is 11.3 Å². The van der Waals surface area contributed by atoms with Crippen molar-refractivity contribution < 1.29 is 24.2 Å². The molecule has 3 aliphatic rings. The van der Waals surface area contributed by atoms with Gasteiger partial charge in [-0.25, -0.2) is 4.79 Å². The molecule has 2 aromatic rings. The van der Waals surface area contributed by atoms with Gasteiger partial charge in [0.15, 0.2) is 0 Å². The molecule has 7 heteroatoms. The van der Waals surface area contributed by atoms with Crippen LogP contribution in [0.5, 0.6) is 0 Å². The van der Waals surface area contributed by atoms with Crippen molar-refractivity contribution in [3.63, 3.8) is 0 Å². The van der Waals surface area contributed by atoms with E-state index in [0.29, 0.717) is 25.7 Å². The van der Waals surface area contributed by atoms with Crippen molar-refractivity contribution >= 4 is 18.0 Å². The summed E-state index contributed by atoms with van der Waals surface area (Å²) in [5.41, 5.74) is 3.84. The minimum atomic E-state index is -0.859. The monoisotopic (exact) mass is 448 g/mol. The maximum Gasteiger partial charge on any atom is 0.407 e. The van der Waals surface area contributed by atoms with Crippen LogP contribution in [-0.4, -0.2) is 42.3 Å². The molecule has 0 bridgehead atoms. The number of nitrogens with one attached hydrogen (secondary N) is 2. The number of alkyl carbamates (subject to hydrolysis) is 1. The summed E-state index contributed by atoms with van der Waals surface area (Å²) in [5, 5.41) is 15.0. The molecule has 0 aromatic heterocycles. The fourth-order valence-corrected chi connectivity index (χ4v) is 5.24. The normalized spacial score (nSPS) is 22.2. The molecule has 2 unspecified atom stereocenters. The Kier molecular flexibility index (Phi) is 5.56. The van der Waals surface area contributed by atoms with Crippen LogP contribution in [0.15, 0.2) is 48.5 Å². The van der Waals surface area contributed by atoms with E-state index in [0.717, 1.165) is 17.5 Å². The molecule has 0 aliphatic heterocycles. The number of ether oxygens (including phenoxy) is 1. The molecule has 2 fully saturated rings. The lowest BCUT2D eigenvalue weighted by molar-refractivity contribution is -0.143. The molecule has 172 valence electrons. The number of hydrogen-bond donors (Lipinski definition) is 3. The number of amides is 2. The third-order valence-corrected chi connectivity index (χ3v) is 7.41. The Morgan fingerprint density at radius 3 is 2.21 bits per heavy atom. The van der Waals surface area contributed by atoms with Crippen LogP contribution in [0.25, 0.3) is 11.1 Å². The molecule has 5 rings (SSSR count). The molecular formula is C26H28N2O5. The first-order chi connectivity index (χ1) is 16.0. The average molecular weight is 449 g/mol. The maximum absolute atomic E-state index is 12.7. The van der Waals surface area contributed by atoms with Gasteiger partial charge in [-0.2, -0.15) is 0 Å². The lowest BCUT2D eigenvalue weighted by Gasteiger charge is -2.22. The second kappa shape index (κ2) is 8.54. The van der Waals surface area contributed by atoms with E-state index in [9.17, 15) is 19.5 Å². The Hall–Kier alpha value is -3.35. The largest absolute Gasteiger partial charge is 0.481 e. The molecule has 3 N–H and O–H groups in total. The van der Waals surface area contributed by atoms with Gasteiger partial charge in [-0.1, -0.05) is 55.0 Å². The molecule has 2 amide bonds. The predicted molar refractivity (Wildman–Crippen MR) is 122 cm³/mol. The topological polar surface area (TPSA) is 105 Å². The van der Waals surface area contributed by atoms with Gasteiger partial charge in [-0.05, 0) is 47.9 Å². The highest BCUT2D eigenvalue weighted by Crippen LogP contribution is 2.46. The first-order valence-corrected chi connectivity index (χ1v) is 11.6. The van der Waals surface area contributed by atoms with E-state index in [-0.39, 0.29) is 36.9 Å². The Bertz CT molecular complexity index is 1050. The summed E-state index contributed by atoms with van der Waals surface area (Å²) in [7, 11) is 0. The standard InChI is InChI=1S/C26H28N2O5/c29-23(27-15-26(12-13-26)24(30)31)20-10-5-11-22(20)28-25(32)33-14-21-18-8-3-1-6-16(18)17-7-2-4-9-19(17)21/h1-4,6-9,20-22H,5,10-15H2,(H,27,29)(H,28,32)(H,30,31). The van der Waals surface area contributed by atoms with E-state index in [4.69, 9.17) is 4.74 Å². The Morgan fingerprint density at radius 1 is 0.970 bits per heavy atom. The predicted octanol–water partition coefficient (Wildman–Crippen LogP) is 3.67. The lowest BCUT2D eigenvalue weighted by atomic mass is 9.98. The summed E-state index contributed by atoms with van der Waals surface area (Å²) in [5.74, 6) is -1.43. The molecular weight excluding hydrogens is 420 g/mol. The number of fused-ring (bicyclic) bond motifs is 3. The highest BCUT2D eigenvalue weighted by molar-refractivity contribution is 5.83. The van der Waals surface area contributed by atoms with Crippen molar-refractivity contribution in [2.45, 2.75) is 44.1 Å². The Morgan fingerprint density at radius 2 is 1.61 bits per heavy atom. The van der Waals surface area contributed by atoms with Gasteiger partial charge in [0.25, 0.3) is 0 Å². The van der Waals surface area contributed by atoms with Crippen LogP contribution < -0.4 is 10.6 Å². The number of carboxylic acids is 1. The summed E-state index contributed by atoms with van der Waals surface area (Å²) >= 11 is 0. The third-order valence-electron chi connectivity index (χ3n) is 7.41. The zero-order valence-electron chi connectivity index (χ0n) is 18.4. The second-order valence-corrected chi connectivity index (χ2v) is 9.42. The second-order valence-electron chi connectivity index (χ2n) is 9.42. The minimum Gasteiger partial charge on any atom is -0.481 e. The number of benzene rings is 2. The number of aliphatic carboxylic acids is 1. The van der Waals surface area contributed by atoms with Gasteiger partial charge >= 0.3 is 12.1 Å². The molecule has 7 nitrogen and oxygen atoms in total. The number of carbonyl (C=O) groups is 3. The maximum atomic E-state index is 12.7. The zero-order valence-corrected chi connectivity index (χ0v) is 18.4. The van der Waals surface area contributed by atoms with Gasteiger partial charge in [0.1, 0.15) is 6.61 Å². The van der Waals surface area contributed by atoms with Crippen molar-refractivity contribution in [1.82, 2.24) is 10.6 Å². The van der Waals surface area contributed by atoms with E-state index in [1.165, 1.54) is 11.1 Å². The van der Waals surface area contributed by atoms with Gasteiger partial charge in [-0.3, -0.25) is 9.59 Å². The molecule has 0 saturated heterocycles. The van der Waals surface area contributed by atoms with Crippen LogP contribution in [0, 0.1) is 11.3 Å². The van der Waals surface area contributed by atoms with Crippen LogP contribution in [0.3, 0.4) is 0 Å². The fourth-order valence-electron chi connectivity index (χ4n) is 5.24. The van der Waals surface area contributed by atoms with Crippen LogP contribution in [0.1, 0.15) is 49.1 Å². The molecule has 2 atom stereocenters. The van der Waals surface area contributed by atoms with Gasteiger partial charge < -0.3 is 20.5 Å². The van der Waals surface area contributed by atoms with E-state index in [2.05, 4.69) is 34.9 Å². The molecule has 33 heavy (non-hydrogen) atoms. The van der Waals surface area contributed by atoms with E-state index < -0.39 is 17.5 Å². The summed E-state index contributed by atoms with van der Waals surface area (Å²) in [6, 6.07) is 16.0. The molecule has 0 radical (unpaired) electrons. The minimum absolute atomic E-state index is 0.0171. The van der Waals surface area contributed by atoms with Gasteiger partial charge in [0.2, 0.25) is 5.91 Å². The van der Waals surface area contributed by atoms with E-state index in [1.54, 1.807) is 0 Å². The number of hydrogen-bond acceptors (Lipinski definition) is 4. The van der Waals surface area contributed by atoms with Gasteiger partial charge in [0, 0.05) is 18.5 Å². The van der Waals surface area contributed by atoms with Crippen molar-refractivity contribution in [3.05, 3.63) is 59.7 Å². The molecule has 3 aliphatic carbocycles. The number of carboxylic acid groups (broad SMARTS) is 1. The number of carbonyl (C=O) groups excluding carboxylic acids is 2. The van der Waals surface area contributed by atoms with E-state index >= 15 is 0 Å². The smallest absolute Gasteiger partial charge is 0.407 e. The highest BCUT2D eigenvalue weighted by atomic mass is 16.5. The summed E-state index contributed by atoms with van der Waals surface area (Å²) in [6.45, 7) is 0.375. The number of rotatable bonds is 7. The van der Waals surface area contributed by atoms with Crippen molar-refractivity contribution in [2.75, 3.05) is 13.2 Å². The van der Waals surface area contributed by atoms with E-state index in [1.807, 2.05) is 24.3 Å². The molecule has 2 aromatic carbocycles. The van der Waals surface area contributed by atoms with Crippen molar-refractivity contribution in [3.8, 4) is 11.1 Å². The molecule has 0 heterocycles. The van der Waals surface area contributed by atoms with Crippen LogP contribution in [0.4, 0.5) is 4.79 Å². The summed E-state index contributed by atoms with van der Waals surface area (Å²) in [6.07, 6.45) is 2.86. The van der Waals surface area contributed by atoms with Crippen LogP contribution in [0.2, 0.25) is 0 Å². The zero-order chi connectivity index (χ0) is 23.0. The quantitative estimate of drug-likeness (QED) is 0.599. The first kappa shape index (κ1) is 21.5. The summed E-state index contributed by atoms with van der Waals surface area (Å²) < 4.78 is 5.63. The van der Waals surface area contributed by atoms with Gasteiger partial charge in [-0.15, -0.1) is 0 Å².